The maximum Gasteiger partial charge on any atom is 0.330 e. The van der Waals surface area contributed by atoms with Crippen molar-refractivity contribution in [2.75, 3.05) is 30.4 Å². The number of rotatable bonds is 14. The Hall–Kier alpha value is -5.72. The number of urea groups is 1. The van der Waals surface area contributed by atoms with Crippen molar-refractivity contribution in [1.29, 1.82) is 0 Å². The first-order chi connectivity index (χ1) is 28.4. The number of allylic oxidation sites excluding steroid dienone is 4. The van der Waals surface area contributed by atoms with Gasteiger partial charge in [0.05, 0.1) is 24.1 Å². The zero-order chi connectivity index (χ0) is 43.6. The number of aliphatic imine (C=N–C) groups is 1. The van der Waals surface area contributed by atoms with Crippen LogP contribution in [0.1, 0.15) is 92.0 Å². The van der Waals surface area contributed by atoms with Crippen LogP contribution < -0.4 is 15.5 Å². The highest BCUT2D eigenvalue weighted by Crippen LogP contribution is 2.32. The summed E-state index contributed by atoms with van der Waals surface area (Å²) in [5, 5.41) is 17.6. The van der Waals surface area contributed by atoms with Crippen molar-refractivity contribution in [1.82, 2.24) is 30.1 Å². The van der Waals surface area contributed by atoms with Crippen molar-refractivity contribution in [3.05, 3.63) is 131 Å². The maximum atomic E-state index is 14.0. The number of fused-ring (bicyclic) bond motifs is 1. The molecule has 316 valence electrons. The number of amides is 3. The Labute approximate surface area is 352 Å². The summed E-state index contributed by atoms with van der Waals surface area (Å²) < 4.78 is 0. The van der Waals surface area contributed by atoms with Crippen LogP contribution in [-0.2, 0) is 11.3 Å². The summed E-state index contributed by atoms with van der Waals surface area (Å²) in [6, 6.07) is 12.9. The normalized spacial score (nSPS) is 17.7. The van der Waals surface area contributed by atoms with Gasteiger partial charge in [0.2, 0.25) is 5.95 Å². The van der Waals surface area contributed by atoms with E-state index in [2.05, 4.69) is 46.0 Å². The first-order valence-electron chi connectivity index (χ1n) is 20.7. The van der Waals surface area contributed by atoms with Crippen LogP contribution >= 0.6 is 0 Å². The molecule has 2 atom stereocenters. The van der Waals surface area contributed by atoms with Gasteiger partial charge in [-0.15, -0.1) is 6.58 Å². The molecule has 3 amide bonds. The number of aliphatic hydroxyl groups excluding tert-OH is 1. The Balaban J connectivity index is 0.00000225. The van der Waals surface area contributed by atoms with E-state index in [1.807, 2.05) is 122 Å². The van der Waals surface area contributed by atoms with E-state index in [1.54, 1.807) is 35.3 Å². The fourth-order valence-corrected chi connectivity index (χ4v) is 6.55. The van der Waals surface area contributed by atoms with Crippen molar-refractivity contribution < 1.29 is 14.7 Å². The predicted octanol–water partition coefficient (Wildman–Crippen LogP) is 9.26. The van der Waals surface area contributed by atoms with Gasteiger partial charge in [-0.2, -0.15) is 4.98 Å². The highest BCUT2D eigenvalue weighted by atomic mass is 16.3. The number of hydrogen-bond acceptors (Lipinski definition) is 9. The summed E-state index contributed by atoms with van der Waals surface area (Å²) in [4.78, 5) is 51.3. The minimum absolute atomic E-state index is 0.0961. The molecule has 1 aromatic carbocycles. The van der Waals surface area contributed by atoms with Crippen molar-refractivity contribution in [3.8, 4) is 0 Å². The number of aliphatic hydroxyl groups is 1. The molecular weight excluding hydrogens is 739 g/mol. The van der Waals surface area contributed by atoms with Gasteiger partial charge >= 0.3 is 6.03 Å². The number of aromatic nitrogens is 3. The van der Waals surface area contributed by atoms with Crippen molar-refractivity contribution >= 4 is 35.1 Å². The lowest BCUT2D eigenvalue weighted by Crippen LogP contribution is -2.45. The van der Waals surface area contributed by atoms with E-state index in [1.165, 1.54) is 4.90 Å². The lowest BCUT2D eigenvalue weighted by molar-refractivity contribution is -0.130. The number of aryl methyl sites for hydroxylation is 1. The molecule has 0 radical (unpaired) electrons. The topological polar surface area (TPSA) is 139 Å². The van der Waals surface area contributed by atoms with Gasteiger partial charge in [-0.05, 0) is 63.8 Å². The van der Waals surface area contributed by atoms with Crippen molar-refractivity contribution in [2.45, 2.75) is 101 Å². The van der Waals surface area contributed by atoms with Crippen LogP contribution in [0.25, 0.3) is 0 Å². The molecule has 3 aromatic rings. The first-order valence-corrected chi connectivity index (χ1v) is 20.7. The van der Waals surface area contributed by atoms with Crippen molar-refractivity contribution in [3.63, 3.8) is 0 Å². The molecule has 4 heterocycles. The Kier molecular flexibility index (Phi) is 19.1. The average Bonchev–Trinajstić information content (AvgIpc) is 3.35. The summed E-state index contributed by atoms with van der Waals surface area (Å²) >= 11 is 0. The lowest BCUT2D eigenvalue weighted by atomic mass is 9.98. The highest BCUT2D eigenvalue weighted by Gasteiger charge is 2.34. The number of nitrogens with zero attached hydrogens (tertiary/aromatic N) is 7. The summed E-state index contributed by atoms with van der Waals surface area (Å²) in [6.45, 7) is 24.7. The minimum Gasteiger partial charge on any atom is -0.378 e. The number of pyridine rings is 1. The fraction of sp³-hybridized carbons (Fsp3) is 0.404. The van der Waals surface area contributed by atoms with Gasteiger partial charge < -0.3 is 15.3 Å². The number of carbonyl (C=O) groups is 2. The average molecular weight is 804 g/mol. The third kappa shape index (κ3) is 12.4. The van der Waals surface area contributed by atoms with E-state index in [4.69, 9.17) is 4.99 Å². The molecule has 12 nitrogen and oxygen atoms in total. The molecule has 5 rings (SSSR count). The van der Waals surface area contributed by atoms with Crippen LogP contribution in [0.15, 0.2) is 119 Å². The predicted molar refractivity (Wildman–Crippen MR) is 242 cm³/mol. The number of hydrogen-bond donors (Lipinski definition) is 3. The smallest absolute Gasteiger partial charge is 0.330 e. The molecule has 0 bridgehead atoms. The molecule has 0 fully saturated rings. The Bertz CT molecular complexity index is 2020. The zero-order valence-electron chi connectivity index (χ0n) is 37.0. The van der Waals surface area contributed by atoms with E-state index in [0.717, 1.165) is 39.4 Å². The SMILES string of the molecule is C=CCN1C(=O)[C@H](CC(C)C)N=C(c2ccccc2)C(=C/C)/C1=C\CC(O)NC/C=C(\C(C)=C/C)N1Cc2cnc(Nc3ccc(C)nc3)nc2N(C)C1=O.CC.CC. The molecule has 59 heavy (non-hydrogen) atoms. The van der Waals surface area contributed by atoms with Crippen LogP contribution in [0.3, 0.4) is 0 Å². The van der Waals surface area contributed by atoms with Gasteiger partial charge in [0, 0.05) is 66.5 Å². The molecule has 1 unspecified atom stereocenters. The molecule has 3 N–H and O–H groups in total. The molecular formula is C47H65N9O3. The molecule has 2 aliphatic rings. The lowest BCUT2D eigenvalue weighted by Gasteiger charge is -2.35. The van der Waals surface area contributed by atoms with Crippen LogP contribution in [0.2, 0.25) is 0 Å². The van der Waals surface area contributed by atoms with E-state index < -0.39 is 12.3 Å². The molecule has 0 spiro atoms. The summed E-state index contributed by atoms with van der Waals surface area (Å²) in [7, 11) is 1.70. The number of benzene rings is 1. The molecule has 12 heteroatoms. The van der Waals surface area contributed by atoms with E-state index in [9.17, 15) is 14.7 Å². The number of nitrogens with one attached hydrogen (secondary N) is 2. The Morgan fingerprint density at radius 3 is 2.36 bits per heavy atom. The molecule has 0 saturated heterocycles. The van der Waals surface area contributed by atoms with Crippen LogP contribution in [0.5, 0.6) is 0 Å². The third-order valence-electron chi connectivity index (χ3n) is 9.48. The fourth-order valence-electron chi connectivity index (χ4n) is 6.55. The van der Waals surface area contributed by atoms with Gasteiger partial charge in [0.15, 0.2) is 0 Å². The largest absolute Gasteiger partial charge is 0.378 e. The van der Waals surface area contributed by atoms with Gasteiger partial charge in [-0.25, -0.2) is 9.78 Å². The third-order valence-corrected chi connectivity index (χ3v) is 9.48. The summed E-state index contributed by atoms with van der Waals surface area (Å²) in [6.07, 6.45) is 12.7. The van der Waals surface area contributed by atoms with E-state index in [-0.39, 0.29) is 37.4 Å². The van der Waals surface area contributed by atoms with Crippen LogP contribution in [0, 0.1) is 12.8 Å². The standard InChI is InChI=1S/C43H53N9O3.2C2H6/c1-9-23-51-37(34(11-3)39(31-15-13-12-14-16-31)48-35(41(51)54)24-28(4)5)19-20-38(53)44-22-21-36(29(6)10-2)52-27-32-25-46-42(49-40(32)50(8)43(52)55)47-33-18-17-30(7)45-26-33;2*1-2/h9-19,21,25-26,28,35,38,44,53H,1,20,22-24,27H2,2-8H3,(H,46,47,49);2*1-2H3/b29-10-,34-11+,36-21+,37-19+;;/t35-,38?;;/m0../s1. The van der Waals surface area contributed by atoms with Crippen LogP contribution in [-0.4, -0.2) is 79.9 Å². The van der Waals surface area contributed by atoms with E-state index >= 15 is 0 Å². The summed E-state index contributed by atoms with van der Waals surface area (Å²) in [5.74, 6) is 1.06. The second-order valence-corrected chi connectivity index (χ2v) is 14.0. The van der Waals surface area contributed by atoms with Crippen molar-refractivity contribution in [2.24, 2.45) is 10.9 Å². The summed E-state index contributed by atoms with van der Waals surface area (Å²) in [5.41, 5.74) is 7.21. The molecule has 0 saturated carbocycles. The monoisotopic (exact) mass is 804 g/mol. The number of carbonyl (C=O) groups excluding carboxylic acids is 2. The zero-order valence-corrected chi connectivity index (χ0v) is 37.0. The van der Waals surface area contributed by atoms with Gasteiger partial charge in [0.25, 0.3) is 5.91 Å². The molecule has 2 aliphatic heterocycles. The number of anilines is 3. The highest BCUT2D eigenvalue weighted by molar-refractivity contribution is 6.17. The Morgan fingerprint density at radius 1 is 1.03 bits per heavy atom. The van der Waals surface area contributed by atoms with Gasteiger partial charge in [-0.3, -0.25) is 29.9 Å². The first kappa shape index (κ1) is 47.7. The molecule has 2 aromatic heterocycles. The maximum absolute atomic E-state index is 14.0. The Morgan fingerprint density at radius 2 is 1.75 bits per heavy atom. The second kappa shape index (κ2) is 23.6. The molecule has 0 aliphatic carbocycles. The second-order valence-electron chi connectivity index (χ2n) is 14.0. The quantitative estimate of drug-likeness (QED) is 0.0833. The minimum atomic E-state index is -0.954. The van der Waals surface area contributed by atoms with Gasteiger partial charge in [-0.1, -0.05) is 96.2 Å². The van der Waals surface area contributed by atoms with Gasteiger partial charge in [0.1, 0.15) is 18.1 Å². The van der Waals surface area contributed by atoms with Crippen LogP contribution in [0.4, 0.5) is 22.2 Å². The van der Waals surface area contributed by atoms with E-state index in [0.29, 0.717) is 36.1 Å².